The van der Waals surface area contributed by atoms with Gasteiger partial charge in [-0.25, -0.2) is 0 Å². The molecule has 2 rings (SSSR count). The molecule has 0 saturated heterocycles. The third kappa shape index (κ3) is 3.94. The molecule has 0 aliphatic carbocycles. The minimum absolute atomic E-state index is 0.186. The Balaban J connectivity index is 2.28. The molecule has 0 fully saturated rings. The molecule has 128 valence electrons. The lowest BCUT2D eigenvalue weighted by Crippen LogP contribution is -2.24. The van der Waals surface area contributed by atoms with Crippen LogP contribution in [0.15, 0.2) is 41.3 Å². The predicted molar refractivity (Wildman–Crippen MR) is 96.6 cm³/mol. The maximum Gasteiger partial charge on any atom is 0.206 e. The summed E-state index contributed by atoms with van der Waals surface area (Å²) in [6.45, 7) is 1.70. The van der Waals surface area contributed by atoms with Gasteiger partial charge in [-0.1, -0.05) is 0 Å². The van der Waals surface area contributed by atoms with Gasteiger partial charge in [0.05, 0.1) is 24.7 Å². The van der Waals surface area contributed by atoms with Crippen LogP contribution in [-0.4, -0.2) is 32.4 Å². The maximum atomic E-state index is 12.8. The van der Waals surface area contributed by atoms with Gasteiger partial charge in [0.25, 0.3) is 0 Å². The third-order valence-electron chi connectivity index (χ3n) is 3.53. The normalized spacial score (nSPS) is 11.7. The molecule has 0 spiro atoms. The van der Waals surface area contributed by atoms with Crippen LogP contribution in [0.5, 0.6) is 17.2 Å². The summed E-state index contributed by atoms with van der Waals surface area (Å²) in [6, 6.07) is 10.4. The van der Waals surface area contributed by atoms with Crippen molar-refractivity contribution in [2.24, 2.45) is 0 Å². The zero-order valence-electron chi connectivity index (χ0n) is 14.2. The number of rotatable bonds is 7. The van der Waals surface area contributed by atoms with Crippen molar-refractivity contribution in [2.75, 3.05) is 26.2 Å². The van der Waals surface area contributed by atoms with Crippen LogP contribution in [0, 0.1) is 0 Å². The van der Waals surface area contributed by atoms with Crippen molar-refractivity contribution >= 4 is 23.2 Å². The monoisotopic (exact) mass is 347 g/mol. The molecule has 2 N–H and O–H groups in total. The summed E-state index contributed by atoms with van der Waals surface area (Å²) >= 11 is 1.52. The average molecular weight is 347 g/mol. The molecule has 0 aromatic heterocycles. The van der Waals surface area contributed by atoms with E-state index in [1.807, 2.05) is 6.26 Å². The van der Waals surface area contributed by atoms with Crippen molar-refractivity contribution in [2.45, 2.75) is 17.9 Å². The first kappa shape index (κ1) is 18.0. The van der Waals surface area contributed by atoms with E-state index >= 15 is 0 Å². The molecule has 0 amide bonds. The molecule has 0 radical (unpaired) electrons. The fourth-order valence-corrected chi connectivity index (χ4v) is 2.81. The van der Waals surface area contributed by atoms with E-state index in [1.165, 1.54) is 18.9 Å². The number of carbonyl (C=O) groups excluding carboxylic acids is 1. The zero-order chi connectivity index (χ0) is 17.7. The Hall–Kier alpha value is -2.34. The van der Waals surface area contributed by atoms with Crippen LogP contribution in [0.3, 0.4) is 0 Å². The van der Waals surface area contributed by atoms with Crippen molar-refractivity contribution in [3.05, 3.63) is 42.0 Å². The van der Waals surface area contributed by atoms with Crippen LogP contribution < -0.4 is 19.9 Å². The van der Waals surface area contributed by atoms with E-state index in [-0.39, 0.29) is 5.78 Å². The van der Waals surface area contributed by atoms with Crippen LogP contribution in [0.4, 0.5) is 5.69 Å². The number of benzene rings is 2. The standard InChI is InChI=1S/C18H21NO4S/c1-11(23-13-7-5-12(19)6-8-13)18(20)14-9-16(22-3)17(24-4)10-15(14)21-2/h5-11H,19H2,1-4H3. The van der Waals surface area contributed by atoms with Crippen molar-refractivity contribution < 1.29 is 19.0 Å². The van der Waals surface area contributed by atoms with Crippen LogP contribution in [0.2, 0.25) is 0 Å². The van der Waals surface area contributed by atoms with Gasteiger partial charge in [-0.2, -0.15) is 0 Å². The lowest BCUT2D eigenvalue weighted by molar-refractivity contribution is 0.0814. The van der Waals surface area contributed by atoms with E-state index < -0.39 is 6.10 Å². The van der Waals surface area contributed by atoms with E-state index in [4.69, 9.17) is 19.9 Å². The van der Waals surface area contributed by atoms with Crippen molar-refractivity contribution in [1.29, 1.82) is 0 Å². The summed E-state index contributed by atoms with van der Waals surface area (Å²) in [5.41, 5.74) is 6.72. The number of hydrogen-bond acceptors (Lipinski definition) is 6. The molecule has 1 unspecified atom stereocenters. The molecule has 1 atom stereocenters. The molecule has 2 aromatic carbocycles. The second-order valence-electron chi connectivity index (χ2n) is 5.10. The van der Waals surface area contributed by atoms with Gasteiger partial charge in [0.2, 0.25) is 5.78 Å². The Kier molecular flexibility index (Phi) is 5.98. The largest absolute Gasteiger partial charge is 0.496 e. The number of ketones is 1. The Morgan fingerprint density at radius 3 is 2.25 bits per heavy atom. The fourth-order valence-electron chi connectivity index (χ4n) is 2.24. The third-order valence-corrected chi connectivity index (χ3v) is 4.29. The van der Waals surface area contributed by atoms with E-state index in [1.54, 1.807) is 50.4 Å². The fraction of sp³-hybridized carbons (Fsp3) is 0.278. The van der Waals surface area contributed by atoms with Crippen LogP contribution >= 0.6 is 11.8 Å². The number of anilines is 1. The first-order valence-corrected chi connectivity index (χ1v) is 8.59. The topological polar surface area (TPSA) is 70.8 Å². The highest BCUT2D eigenvalue weighted by Crippen LogP contribution is 2.35. The second-order valence-corrected chi connectivity index (χ2v) is 5.95. The quantitative estimate of drug-likeness (QED) is 0.468. The van der Waals surface area contributed by atoms with E-state index in [9.17, 15) is 4.79 Å². The Bertz CT molecular complexity index is 716. The Morgan fingerprint density at radius 2 is 1.71 bits per heavy atom. The van der Waals surface area contributed by atoms with Gasteiger partial charge in [0.15, 0.2) is 6.10 Å². The molecule has 0 aliphatic heterocycles. The number of thioether (sulfide) groups is 1. The predicted octanol–water partition coefficient (Wildman–Crippen LogP) is 3.66. The number of hydrogen-bond donors (Lipinski definition) is 1. The first-order valence-electron chi connectivity index (χ1n) is 7.36. The number of ether oxygens (including phenoxy) is 3. The van der Waals surface area contributed by atoms with Gasteiger partial charge in [-0.05, 0) is 49.6 Å². The Labute approximate surface area is 146 Å². The number of nitrogens with two attached hydrogens (primary N) is 1. The minimum Gasteiger partial charge on any atom is -0.496 e. The highest BCUT2D eigenvalue weighted by molar-refractivity contribution is 7.98. The summed E-state index contributed by atoms with van der Waals surface area (Å²) in [5, 5.41) is 0. The summed E-state index contributed by atoms with van der Waals surface area (Å²) < 4.78 is 16.4. The van der Waals surface area contributed by atoms with Crippen molar-refractivity contribution in [1.82, 2.24) is 0 Å². The van der Waals surface area contributed by atoms with Gasteiger partial charge in [0.1, 0.15) is 17.2 Å². The molecule has 2 aromatic rings. The summed E-state index contributed by atoms with van der Waals surface area (Å²) in [4.78, 5) is 13.7. The van der Waals surface area contributed by atoms with Gasteiger partial charge in [-0.15, -0.1) is 11.8 Å². The lowest BCUT2D eigenvalue weighted by atomic mass is 10.1. The molecule has 24 heavy (non-hydrogen) atoms. The molecule has 0 aliphatic rings. The van der Waals surface area contributed by atoms with Gasteiger partial charge >= 0.3 is 0 Å². The van der Waals surface area contributed by atoms with Crippen LogP contribution in [-0.2, 0) is 0 Å². The number of Topliss-reactive ketones (excluding diaryl/α,β-unsaturated/α-hetero) is 1. The molecular formula is C18H21NO4S. The molecule has 0 saturated carbocycles. The number of nitrogen functional groups attached to an aromatic ring is 1. The molecule has 6 heteroatoms. The average Bonchev–Trinajstić information content (AvgIpc) is 2.61. The summed E-state index contributed by atoms with van der Waals surface area (Å²) in [7, 11) is 3.11. The smallest absolute Gasteiger partial charge is 0.206 e. The van der Waals surface area contributed by atoms with Crippen molar-refractivity contribution in [3.63, 3.8) is 0 Å². The molecular weight excluding hydrogens is 326 g/mol. The highest BCUT2D eigenvalue weighted by atomic mass is 32.2. The zero-order valence-corrected chi connectivity index (χ0v) is 15.0. The Morgan fingerprint density at radius 1 is 1.08 bits per heavy atom. The lowest BCUT2D eigenvalue weighted by Gasteiger charge is -2.17. The van der Waals surface area contributed by atoms with E-state index in [2.05, 4.69) is 0 Å². The van der Waals surface area contributed by atoms with Gasteiger partial charge in [-0.3, -0.25) is 4.79 Å². The minimum atomic E-state index is -0.674. The molecule has 0 bridgehead atoms. The second kappa shape index (κ2) is 7.97. The van der Waals surface area contributed by atoms with Gasteiger partial charge < -0.3 is 19.9 Å². The number of methoxy groups -OCH3 is 2. The van der Waals surface area contributed by atoms with E-state index in [0.717, 1.165) is 4.90 Å². The summed E-state index contributed by atoms with van der Waals surface area (Å²) in [6.07, 6.45) is 1.26. The van der Waals surface area contributed by atoms with Crippen LogP contribution in [0.1, 0.15) is 17.3 Å². The van der Waals surface area contributed by atoms with Crippen LogP contribution in [0.25, 0.3) is 0 Å². The highest BCUT2D eigenvalue weighted by Gasteiger charge is 2.23. The van der Waals surface area contributed by atoms with E-state index in [0.29, 0.717) is 28.5 Å². The number of carbonyl (C=O) groups is 1. The first-order chi connectivity index (χ1) is 11.5. The SMILES string of the molecule is COc1cc(C(=O)C(C)Oc2ccc(N)cc2)c(OC)cc1SC. The van der Waals surface area contributed by atoms with Crippen molar-refractivity contribution in [3.8, 4) is 17.2 Å². The molecule has 0 heterocycles. The molecule has 5 nitrogen and oxygen atoms in total. The maximum absolute atomic E-state index is 12.8. The van der Waals surface area contributed by atoms with Gasteiger partial charge in [0, 0.05) is 5.69 Å². The summed E-state index contributed by atoms with van der Waals surface area (Å²) in [5.74, 6) is 1.52.